The molecule has 2 fully saturated rings. The number of nitrogens with one attached hydrogen (secondary N) is 2. The number of morpholine rings is 1. The van der Waals surface area contributed by atoms with Gasteiger partial charge in [0.05, 0.1) is 18.8 Å². The van der Waals surface area contributed by atoms with Crippen LogP contribution in [0.5, 0.6) is 0 Å². The number of imide groups is 1. The third-order valence-electron chi connectivity index (χ3n) is 5.71. The van der Waals surface area contributed by atoms with Crippen molar-refractivity contribution in [2.24, 2.45) is 5.92 Å². The maximum absolute atomic E-state index is 12.2. The lowest BCUT2D eigenvalue weighted by atomic mass is 9.86. The summed E-state index contributed by atoms with van der Waals surface area (Å²) >= 11 is 0. The van der Waals surface area contributed by atoms with Crippen LogP contribution in [0.3, 0.4) is 0 Å². The Hall–Kier alpha value is -2.45. The van der Waals surface area contributed by atoms with E-state index in [0.29, 0.717) is 11.5 Å². The number of nitrogens with zero attached hydrogens (tertiary/aromatic N) is 1. The number of ether oxygens (including phenoxy) is 2. The van der Waals surface area contributed by atoms with E-state index in [0.717, 1.165) is 57.7 Å². The number of urea groups is 1. The van der Waals surface area contributed by atoms with E-state index in [2.05, 4.69) is 22.5 Å². The number of carbonyl (C=O) groups excluding carboxylic acids is 3. The van der Waals surface area contributed by atoms with Gasteiger partial charge >= 0.3 is 12.0 Å². The molecule has 8 nitrogen and oxygen atoms in total. The SMILES string of the molecule is C[C@@H]1CCCC[C@@H]1NC(=O)NC(=O)COC(=O)c1ccc(CN2CCOCC2)cc1. The predicted octanol–water partition coefficient (Wildman–Crippen LogP) is 2.08. The highest BCUT2D eigenvalue weighted by Crippen LogP contribution is 2.23. The summed E-state index contributed by atoms with van der Waals surface area (Å²) in [4.78, 5) is 38.4. The second kappa shape index (κ2) is 11.1. The Morgan fingerprint density at radius 3 is 2.50 bits per heavy atom. The molecular formula is C22H31N3O5. The molecule has 0 unspecified atom stereocenters. The van der Waals surface area contributed by atoms with Crippen molar-refractivity contribution < 1.29 is 23.9 Å². The molecule has 2 aliphatic rings. The monoisotopic (exact) mass is 417 g/mol. The molecule has 0 bridgehead atoms. The molecule has 1 saturated carbocycles. The van der Waals surface area contributed by atoms with Gasteiger partial charge in [-0.05, 0) is 36.5 Å². The molecule has 2 atom stereocenters. The molecule has 3 rings (SSSR count). The minimum atomic E-state index is -0.645. The van der Waals surface area contributed by atoms with E-state index in [1.165, 1.54) is 6.42 Å². The van der Waals surface area contributed by atoms with Gasteiger partial charge in [0.2, 0.25) is 0 Å². The van der Waals surface area contributed by atoms with Gasteiger partial charge in [-0.25, -0.2) is 9.59 Å². The zero-order valence-corrected chi connectivity index (χ0v) is 17.5. The molecule has 164 valence electrons. The van der Waals surface area contributed by atoms with Crippen LogP contribution >= 0.6 is 0 Å². The molecule has 1 aliphatic heterocycles. The molecule has 0 radical (unpaired) electrons. The van der Waals surface area contributed by atoms with Gasteiger partial charge in [-0.2, -0.15) is 0 Å². The summed E-state index contributed by atoms with van der Waals surface area (Å²) in [6.45, 7) is 5.67. The first-order chi connectivity index (χ1) is 14.5. The Bertz CT molecular complexity index is 731. The van der Waals surface area contributed by atoms with Crippen molar-refractivity contribution in [2.75, 3.05) is 32.9 Å². The van der Waals surface area contributed by atoms with Gasteiger partial charge in [-0.3, -0.25) is 15.0 Å². The second-order valence-electron chi connectivity index (χ2n) is 8.05. The Labute approximate surface area is 177 Å². The van der Waals surface area contributed by atoms with E-state index in [4.69, 9.17) is 9.47 Å². The third kappa shape index (κ3) is 6.81. The molecule has 0 aromatic heterocycles. The first-order valence-electron chi connectivity index (χ1n) is 10.7. The molecule has 1 aromatic carbocycles. The maximum atomic E-state index is 12.2. The van der Waals surface area contributed by atoms with E-state index in [1.807, 2.05) is 12.1 Å². The predicted molar refractivity (Wildman–Crippen MR) is 111 cm³/mol. The van der Waals surface area contributed by atoms with Crippen molar-refractivity contribution in [3.63, 3.8) is 0 Å². The van der Waals surface area contributed by atoms with E-state index in [1.54, 1.807) is 12.1 Å². The maximum Gasteiger partial charge on any atom is 0.338 e. The van der Waals surface area contributed by atoms with Crippen LogP contribution in [0, 0.1) is 5.92 Å². The van der Waals surface area contributed by atoms with E-state index < -0.39 is 24.5 Å². The highest BCUT2D eigenvalue weighted by atomic mass is 16.5. The molecule has 2 N–H and O–H groups in total. The number of rotatable bonds is 6. The van der Waals surface area contributed by atoms with Crippen molar-refractivity contribution in [1.82, 2.24) is 15.5 Å². The molecule has 8 heteroatoms. The highest BCUT2D eigenvalue weighted by molar-refractivity contribution is 5.97. The summed E-state index contributed by atoms with van der Waals surface area (Å²) in [5, 5.41) is 5.06. The van der Waals surface area contributed by atoms with Crippen LogP contribution in [0.15, 0.2) is 24.3 Å². The Kier molecular flexibility index (Phi) is 8.21. The minimum absolute atomic E-state index is 0.0741. The molecule has 30 heavy (non-hydrogen) atoms. The molecule has 1 aromatic rings. The third-order valence-corrected chi connectivity index (χ3v) is 5.71. The number of carbonyl (C=O) groups is 3. The zero-order chi connectivity index (χ0) is 21.3. The first kappa shape index (κ1) is 22.2. The van der Waals surface area contributed by atoms with Crippen LogP contribution in [-0.2, 0) is 20.8 Å². The Balaban J connectivity index is 1.38. The van der Waals surface area contributed by atoms with Crippen LogP contribution in [0.4, 0.5) is 4.79 Å². The summed E-state index contributed by atoms with van der Waals surface area (Å²) in [6, 6.07) is 6.67. The second-order valence-corrected chi connectivity index (χ2v) is 8.05. The highest BCUT2D eigenvalue weighted by Gasteiger charge is 2.23. The molecule has 1 saturated heterocycles. The number of amides is 3. The fraction of sp³-hybridized carbons (Fsp3) is 0.591. The summed E-state index contributed by atoms with van der Waals surface area (Å²) in [5.41, 5.74) is 1.47. The fourth-order valence-electron chi connectivity index (χ4n) is 3.88. The lowest BCUT2D eigenvalue weighted by Gasteiger charge is -2.29. The molecule has 1 aliphatic carbocycles. The van der Waals surface area contributed by atoms with Gasteiger partial charge in [0.1, 0.15) is 0 Å². The topological polar surface area (TPSA) is 97.0 Å². The average Bonchev–Trinajstić information content (AvgIpc) is 2.75. The van der Waals surface area contributed by atoms with Gasteiger partial charge < -0.3 is 14.8 Å². The summed E-state index contributed by atoms with van der Waals surface area (Å²) in [5.74, 6) is -0.846. The van der Waals surface area contributed by atoms with Gasteiger partial charge in [-0.1, -0.05) is 31.9 Å². The van der Waals surface area contributed by atoms with Crippen molar-refractivity contribution >= 4 is 17.9 Å². The normalized spacial score (nSPS) is 22.2. The van der Waals surface area contributed by atoms with Crippen molar-refractivity contribution in [3.05, 3.63) is 35.4 Å². The quantitative estimate of drug-likeness (QED) is 0.688. The summed E-state index contributed by atoms with van der Waals surface area (Å²) < 4.78 is 10.4. The van der Waals surface area contributed by atoms with Crippen LogP contribution in [-0.4, -0.2) is 61.8 Å². The van der Waals surface area contributed by atoms with Crippen molar-refractivity contribution in [3.8, 4) is 0 Å². The van der Waals surface area contributed by atoms with Crippen LogP contribution in [0.25, 0.3) is 0 Å². The summed E-state index contributed by atoms with van der Waals surface area (Å²) in [6.07, 6.45) is 4.23. The van der Waals surface area contributed by atoms with Gasteiger partial charge in [-0.15, -0.1) is 0 Å². The number of benzene rings is 1. The van der Waals surface area contributed by atoms with E-state index >= 15 is 0 Å². The van der Waals surface area contributed by atoms with Gasteiger partial charge in [0.25, 0.3) is 5.91 Å². The van der Waals surface area contributed by atoms with Crippen LogP contribution in [0.2, 0.25) is 0 Å². The number of hydrogen-bond donors (Lipinski definition) is 2. The Morgan fingerprint density at radius 1 is 1.10 bits per heavy atom. The first-order valence-corrected chi connectivity index (χ1v) is 10.7. The number of hydrogen-bond acceptors (Lipinski definition) is 6. The van der Waals surface area contributed by atoms with E-state index in [-0.39, 0.29) is 6.04 Å². The largest absolute Gasteiger partial charge is 0.452 e. The van der Waals surface area contributed by atoms with Crippen LogP contribution in [0.1, 0.15) is 48.5 Å². The molecule has 0 spiro atoms. The van der Waals surface area contributed by atoms with Crippen molar-refractivity contribution in [1.29, 1.82) is 0 Å². The zero-order valence-electron chi connectivity index (χ0n) is 17.5. The fourth-order valence-corrected chi connectivity index (χ4v) is 3.88. The van der Waals surface area contributed by atoms with E-state index in [9.17, 15) is 14.4 Å². The minimum Gasteiger partial charge on any atom is -0.452 e. The van der Waals surface area contributed by atoms with Crippen molar-refractivity contribution in [2.45, 2.75) is 45.2 Å². The van der Waals surface area contributed by atoms with Gasteiger partial charge in [0, 0.05) is 25.7 Å². The smallest absolute Gasteiger partial charge is 0.338 e. The average molecular weight is 418 g/mol. The number of esters is 1. The lowest BCUT2D eigenvalue weighted by molar-refractivity contribution is -0.123. The standard InChI is InChI=1S/C22H31N3O5/c1-16-4-2-3-5-19(16)23-22(28)24-20(26)15-30-21(27)18-8-6-17(7-9-18)14-25-10-12-29-13-11-25/h6-9,16,19H,2-5,10-15H2,1H3,(H2,23,24,26,28)/t16-,19+/m1/s1. The molecule has 1 heterocycles. The summed E-state index contributed by atoms with van der Waals surface area (Å²) in [7, 11) is 0. The Morgan fingerprint density at radius 2 is 1.80 bits per heavy atom. The molecule has 3 amide bonds. The van der Waals surface area contributed by atoms with Gasteiger partial charge in [0.15, 0.2) is 6.61 Å². The lowest BCUT2D eigenvalue weighted by Crippen LogP contribution is -2.48. The molecular weight excluding hydrogens is 386 g/mol. The van der Waals surface area contributed by atoms with Crippen LogP contribution < -0.4 is 10.6 Å².